The van der Waals surface area contributed by atoms with Crippen molar-refractivity contribution >= 4 is 10.9 Å². The summed E-state index contributed by atoms with van der Waals surface area (Å²) in [5.74, 6) is 0. The molecule has 1 aromatic heterocycles. The van der Waals surface area contributed by atoms with Gasteiger partial charge in [0.1, 0.15) is 0 Å². The summed E-state index contributed by atoms with van der Waals surface area (Å²) in [6.45, 7) is 2.28. The second-order valence-electron chi connectivity index (χ2n) is 8.40. The second kappa shape index (κ2) is 14.4. The lowest BCUT2D eigenvalue weighted by Crippen LogP contribution is -2.05. The second-order valence-corrected chi connectivity index (χ2v) is 8.40. The van der Waals surface area contributed by atoms with Crippen LogP contribution in [0.1, 0.15) is 109 Å². The third-order valence-electron chi connectivity index (χ3n) is 5.84. The number of unbranched alkanes of at least 4 members (excludes halogenated alkanes) is 14. The topological polar surface area (TPSA) is 32.9 Å². The average molecular weight is 384 g/mol. The van der Waals surface area contributed by atoms with E-state index < -0.39 is 0 Å². The number of pyridine rings is 1. The molecule has 28 heavy (non-hydrogen) atoms. The first-order valence-electron chi connectivity index (χ1n) is 11.9. The first-order valence-corrected chi connectivity index (χ1v) is 11.9. The molecule has 2 heteroatoms. The maximum atomic E-state index is 12.1. The first-order chi connectivity index (χ1) is 13.8. The van der Waals surface area contributed by atoms with Crippen LogP contribution in [0.4, 0.5) is 0 Å². The highest BCUT2D eigenvalue weighted by atomic mass is 16.1. The minimum atomic E-state index is 0.144. The van der Waals surface area contributed by atoms with Gasteiger partial charge in [-0.05, 0) is 25.0 Å². The molecule has 0 fully saturated rings. The SMILES string of the molecule is CCCCCCCCCCCCCCCCCc1cc(=O)c2ccccc2[nH]1. The van der Waals surface area contributed by atoms with Crippen molar-refractivity contribution in [3.05, 3.63) is 46.2 Å². The maximum absolute atomic E-state index is 12.1. The van der Waals surface area contributed by atoms with Gasteiger partial charge in [0.25, 0.3) is 0 Å². The summed E-state index contributed by atoms with van der Waals surface area (Å²) in [6.07, 6.45) is 21.8. The number of aryl methyl sites for hydroxylation is 1. The van der Waals surface area contributed by atoms with Crippen LogP contribution in [0.25, 0.3) is 10.9 Å². The number of para-hydroxylation sites is 1. The van der Waals surface area contributed by atoms with E-state index in [9.17, 15) is 4.79 Å². The van der Waals surface area contributed by atoms with Crippen LogP contribution in [0.15, 0.2) is 35.1 Å². The fourth-order valence-corrected chi connectivity index (χ4v) is 4.07. The number of aromatic amines is 1. The molecule has 0 spiro atoms. The minimum absolute atomic E-state index is 0.144. The van der Waals surface area contributed by atoms with E-state index in [0.29, 0.717) is 0 Å². The summed E-state index contributed by atoms with van der Waals surface area (Å²) < 4.78 is 0. The summed E-state index contributed by atoms with van der Waals surface area (Å²) in [5.41, 5.74) is 2.19. The van der Waals surface area contributed by atoms with Crippen molar-refractivity contribution in [2.24, 2.45) is 0 Å². The van der Waals surface area contributed by atoms with Crippen molar-refractivity contribution in [2.45, 2.75) is 110 Å². The van der Waals surface area contributed by atoms with E-state index in [1.165, 1.54) is 96.3 Å². The van der Waals surface area contributed by atoms with Crippen molar-refractivity contribution in [1.82, 2.24) is 4.98 Å². The van der Waals surface area contributed by atoms with E-state index in [4.69, 9.17) is 0 Å². The standard InChI is InChI=1S/C26H41NO/c1-2-3-4-5-6-7-8-9-10-11-12-13-14-15-16-19-23-22-26(28)24-20-17-18-21-25(24)27-23/h17-18,20-22H,2-16,19H2,1H3,(H,27,28). The number of hydrogen-bond acceptors (Lipinski definition) is 1. The van der Waals surface area contributed by atoms with Gasteiger partial charge in [-0.3, -0.25) is 4.79 Å². The smallest absolute Gasteiger partial charge is 0.189 e. The molecule has 0 unspecified atom stereocenters. The number of H-pyrrole nitrogens is 1. The molecule has 1 heterocycles. The summed E-state index contributed by atoms with van der Waals surface area (Å²) in [6, 6.07) is 9.58. The Bertz CT molecular complexity index is 703. The molecule has 0 amide bonds. The molecule has 0 aliphatic rings. The molecule has 0 aliphatic heterocycles. The zero-order valence-corrected chi connectivity index (χ0v) is 18.1. The van der Waals surface area contributed by atoms with Crippen LogP contribution in [0.2, 0.25) is 0 Å². The molecule has 0 atom stereocenters. The predicted octanol–water partition coefficient (Wildman–Crippen LogP) is 7.94. The Labute approximate surface area is 172 Å². The molecular formula is C26H41NO. The number of fused-ring (bicyclic) bond motifs is 1. The number of hydrogen-bond donors (Lipinski definition) is 1. The Morgan fingerprint density at radius 1 is 0.679 bits per heavy atom. The summed E-state index contributed by atoms with van der Waals surface area (Å²) >= 11 is 0. The summed E-state index contributed by atoms with van der Waals surface area (Å²) in [4.78, 5) is 15.6. The highest BCUT2D eigenvalue weighted by Crippen LogP contribution is 2.14. The van der Waals surface area contributed by atoms with Gasteiger partial charge in [-0.25, -0.2) is 0 Å². The van der Waals surface area contributed by atoms with E-state index in [-0.39, 0.29) is 5.43 Å². The van der Waals surface area contributed by atoms with Crippen LogP contribution in [-0.2, 0) is 6.42 Å². The fraction of sp³-hybridized carbons (Fsp3) is 0.654. The molecule has 1 N–H and O–H groups in total. The lowest BCUT2D eigenvalue weighted by Gasteiger charge is -2.05. The van der Waals surface area contributed by atoms with Crippen molar-refractivity contribution in [2.75, 3.05) is 0 Å². The van der Waals surface area contributed by atoms with E-state index >= 15 is 0 Å². The van der Waals surface area contributed by atoms with E-state index in [1.54, 1.807) is 6.07 Å². The average Bonchev–Trinajstić information content (AvgIpc) is 2.71. The molecule has 2 nitrogen and oxygen atoms in total. The molecule has 2 aromatic rings. The van der Waals surface area contributed by atoms with Crippen LogP contribution in [0, 0.1) is 0 Å². The number of nitrogens with one attached hydrogen (secondary N) is 1. The molecular weight excluding hydrogens is 342 g/mol. The van der Waals surface area contributed by atoms with Crippen molar-refractivity contribution in [1.29, 1.82) is 0 Å². The Balaban J connectivity index is 1.43. The largest absolute Gasteiger partial charge is 0.358 e. The van der Waals surface area contributed by atoms with Gasteiger partial charge in [0.05, 0.1) is 0 Å². The number of rotatable bonds is 16. The zero-order chi connectivity index (χ0) is 19.9. The van der Waals surface area contributed by atoms with Crippen LogP contribution < -0.4 is 5.43 Å². The highest BCUT2D eigenvalue weighted by molar-refractivity contribution is 5.78. The van der Waals surface area contributed by atoms with E-state index in [0.717, 1.165) is 23.0 Å². The van der Waals surface area contributed by atoms with Gasteiger partial charge >= 0.3 is 0 Å². The van der Waals surface area contributed by atoms with Gasteiger partial charge in [0, 0.05) is 22.7 Å². The normalized spacial score (nSPS) is 11.3. The van der Waals surface area contributed by atoms with Crippen LogP contribution in [0.3, 0.4) is 0 Å². The van der Waals surface area contributed by atoms with Crippen molar-refractivity contribution < 1.29 is 0 Å². The zero-order valence-electron chi connectivity index (χ0n) is 18.1. The molecule has 156 valence electrons. The van der Waals surface area contributed by atoms with Gasteiger partial charge in [-0.1, -0.05) is 109 Å². The Morgan fingerprint density at radius 3 is 1.75 bits per heavy atom. The Morgan fingerprint density at radius 2 is 1.18 bits per heavy atom. The summed E-state index contributed by atoms with van der Waals surface area (Å²) in [7, 11) is 0. The van der Waals surface area contributed by atoms with Gasteiger partial charge in [0.2, 0.25) is 0 Å². The Hall–Kier alpha value is -1.57. The third kappa shape index (κ3) is 9.08. The first kappa shape index (κ1) is 22.7. The van der Waals surface area contributed by atoms with Gasteiger partial charge < -0.3 is 4.98 Å². The van der Waals surface area contributed by atoms with Crippen molar-refractivity contribution in [3.8, 4) is 0 Å². The van der Waals surface area contributed by atoms with Crippen molar-refractivity contribution in [3.63, 3.8) is 0 Å². The highest BCUT2D eigenvalue weighted by Gasteiger charge is 2.01. The predicted molar refractivity (Wildman–Crippen MR) is 123 cm³/mol. The van der Waals surface area contributed by atoms with E-state index in [2.05, 4.69) is 11.9 Å². The van der Waals surface area contributed by atoms with Crippen LogP contribution in [-0.4, -0.2) is 4.98 Å². The molecule has 2 rings (SSSR count). The fourth-order valence-electron chi connectivity index (χ4n) is 4.07. The van der Waals surface area contributed by atoms with Crippen LogP contribution in [0.5, 0.6) is 0 Å². The molecule has 0 radical (unpaired) electrons. The molecule has 0 bridgehead atoms. The number of aromatic nitrogens is 1. The molecule has 0 saturated heterocycles. The van der Waals surface area contributed by atoms with Crippen LogP contribution >= 0.6 is 0 Å². The molecule has 0 aliphatic carbocycles. The minimum Gasteiger partial charge on any atom is -0.358 e. The quantitative estimate of drug-likeness (QED) is 0.293. The van der Waals surface area contributed by atoms with Gasteiger partial charge in [-0.2, -0.15) is 0 Å². The molecule has 0 saturated carbocycles. The maximum Gasteiger partial charge on any atom is 0.189 e. The van der Waals surface area contributed by atoms with Gasteiger partial charge in [-0.15, -0.1) is 0 Å². The monoisotopic (exact) mass is 383 g/mol. The molecule has 1 aromatic carbocycles. The Kier molecular flexibility index (Phi) is 11.7. The third-order valence-corrected chi connectivity index (χ3v) is 5.84. The lowest BCUT2D eigenvalue weighted by atomic mass is 10.0. The van der Waals surface area contributed by atoms with Gasteiger partial charge in [0.15, 0.2) is 5.43 Å². The lowest BCUT2D eigenvalue weighted by molar-refractivity contribution is 0.532. The number of benzene rings is 1. The summed E-state index contributed by atoms with van der Waals surface area (Å²) in [5, 5.41) is 0.794. The van der Waals surface area contributed by atoms with E-state index in [1.807, 2.05) is 24.3 Å².